The van der Waals surface area contributed by atoms with Crippen LogP contribution in [0.4, 0.5) is 0 Å². The first-order valence-electron chi connectivity index (χ1n) is 4.96. The molecule has 1 heterocycles. The SMILES string of the molecule is CCCC1CNC(C)(C(=O)OC)C1. The molecule has 0 aromatic rings. The van der Waals surface area contributed by atoms with Gasteiger partial charge in [0.25, 0.3) is 0 Å². The van der Waals surface area contributed by atoms with Gasteiger partial charge in [-0.25, -0.2) is 0 Å². The van der Waals surface area contributed by atoms with Gasteiger partial charge >= 0.3 is 5.97 Å². The van der Waals surface area contributed by atoms with Crippen molar-refractivity contribution in [2.24, 2.45) is 5.92 Å². The van der Waals surface area contributed by atoms with E-state index in [1.54, 1.807) is 0 Å². The number of ether oxygens (including phenoxy) is 1. The molecule has 1 rings (SSSR count). The van der Waals surface area contributed by atoms with Gasteiger partial charge < -0.3 is 10.1 Å². The van der Waals surface area contributed by atoms with Crippen LogP contribution in [0.15, 0.2) is 0 Å². The Bertz CT molecular complexity index is 193. The van der Waals surface area contributed by atoms with Crippen molar-refractivity contribution in [1.29, 1.82) is 0 Å². The van der Waals surface area contributed by atoms with Crippen molar-refractivity contribution in [1.82, 2.24) is 5.32 Å². The van der Waals surface area contributed by atoms with Gasteiger partial charge in [-0.2, -0.15) is 0 Å². The van der Waals surface area contributed by atoms with Gasteiger partial charge in [-0.05, 0) is 32.2 Å². The maximum absolute atomic E-state index is 11.4. The van der Waals surface area contributed by atoms with Crippen LogP contribution in [0.25, 0.3) is 0 Å². The van der Waals surface area contributed by atoms with Crippen molar-refractivity contribution in [2.75, 3.05) is 13.7 Å². The van der Waals surface area contributed by atoms with E-state index in [4.69, 9.17) is 4.74 Å². The highest BCUT2D eigenvalue weighted by molar-refractivity contribution is 5.80. The van der Waals surface area contributed by atoms with Crippen LogP contribution in [0.5, 0.6) is 0 Å². The van der Waals surface area contributed by atoms with Crippen LogP contribution in [-0.4, -0.2) is 25.2 Å². The third kappa shape index (κ3) is 2.21. The second-order valence-corrected chi connectivity index (χ2v) is 4.06. The van der Waals surface area contributed by atoms with E-state index in [-0.39, 0.29) is 5.97 Å². The van der Waals surface area contributed by atoms with Gasteiger partial charge in [0.05, 0.1) is 7.11 Å². The Labute approximate surface area is 79.8 Å². The van der Waals surface area contributed by atoms with Gasteiger partial charge in [0.15, 0.2) is 0 Å². The molecule has 1 aliphatic heterocycles. The smallest absolute Gasteiger partial charge is 0.325 e. The molecule has 0 amide bonds. The third-order valence-corrected chi connectivity index (χ3v) is 2.81. The van der Waals surface area contributed by atoms with Crippen molar-refractivity contribution in [3.8, 4) is 0 Å². The highest BCUT2D eigenvalue weighted by Crippen LogP contribution is 2.27. The number of nitrogens with one attached hydrogen (secondary N) is 1. The zero-order valence-corrected chi connectivity index (χ0v) is 8.72. The largest absolute Gasteiger partial charge is 0.468 e. The lowest BCUT2D eigenvalue weighted by molar-refractivity contribution is -0.147. The Morgan fingerprint density at radius 2 is 2.38 bits per heavy atom. The fourth-order valence-electron chi connectivity index (χ4n) is 2.08. The summed E-state index contributed by atoms with van der Waals surface area (Å²) >= 11 is 0. The molecule has 1 saturated heterocycles. The van der Waals surface area contributed by atoms with Gasteiger partial charge in [0, 0.05) is 0 Å². The highest BCUT2D eigenvalue weighted by Gasteiger charge is 2.41. The summed E-state index contributed by atoms with van der Waals surface area (Å²) in [5, 5.41) is 3.24. The molecular formula is C10H19NO2. The number of hydrogen-bond acceptors (Lipinski definition) is 3. The average molecular weight is 185 g/mol. The summed E-state index contributed by atoms with van der Waals surface area (Å²) in [5.74, 6) is 0.500. The zero-order valence-electron chi connectivity index (χ0n) is 8.72. The summed E-state index contributed by atoms with van der Waals surface area (Å²) < 4.78 is 4.76. The van der Waals surface area contributed by atoms with Crippen LogP contribution >= 0.6 is 0 Å². The monoisotopic (exact) mass is 185 g/mol. The van der Waals surface area contributed by atoms with E-state index in [0.717, 1.165) is 13.0 Å². The van der Waals surface area contributed by atoms with Crippen molar-refractivity contribution >= 4 is 5.97 Å². The Balaban J connectivity index is 2.50. The van der Waals surface area contributed by atoms with E-state index in [1.807, 2.05) is 6.92 Å². The summed E-state index contributed by atoms with van der Waals surface area (Å²) in [4.78, 5) is 11.4. The van der Waals surface area contributed by atoms with Crippen LogP contribution in [0.1, 0.15) is 33.1 Å². The lowest BCUT2D eigenvalue weighted by Gasteiger charge is -2.20. The molecule has 0 aromatic carbocycles. The molecular weight excluding hydrogens is 166 g/mol. The molecule has 1 aliphatic rings. The van der Waals surface area contributed by atoms with Gasteiger partial charge in [0.1, 0.15) is 5.54 Å². The summed E-state index contributed by atoms with van der Waals surface area (Å²) in [7, 11) is 1.45. The predicted molar refractivity (Wildman–Crippen MR) is 51.4 cm³/mol. The molecule has 1 fully saturated rings. The Morgan fingerprint density at radius 3 is 2.92 bits per heavy atom. The Hall–Kier alpha value is -0.570. The van der Waals surface area contributed by atoms with Crippen LogP contribution in [0.2, 0.25) is 0 Å². The Morgan fingerprint density at radius 1 is 1.69 bits per heavy atom. The van der Waals surface area contributed by atoms with E-state index in [1.165, 1.54) is 20.0 Å². The minimum Gasteiger partial charge on any atom is -0.468 e. The van der Waals surface area contributed by atoms with Crippen LogP contribution in [0.3, 0.4) is 0 Å². The molecule has 3 heteroatoms. The van der Waals surface area contributed by atoms with E-state index < -0.39 is 5.54 Å². The molecule has 0 bridgehead atoms. The van der Waals surface area contributed by atoms with E-state index in [2.05, 4.69) is 12.2 Å². The zero-order chi connectivity index (χ0) is 9.90. The van der Waals surface area contributed by atoms with E-state index in [9.17, 15) is 4.79 Å². The lowest BCUT2D eigenvalue weighted by atomic mass is 9.92. The molecule has 2 atom stereocenters. The average Bonchev–Trinajstić information content (AvgIpc) is 2.48. The minimum absolute atomic E-state index is 0.133. The van der Waals surface area contributed by atoms with Crippen LogP contribution in [0, 0.1) is 5.92 Å². The molecule has 0 aromatic heterocycles. The first-order valence-corrected chi connectivity index (χ1v) is 4.96. The number of methoxy groups -OCH3 is 1. The first kappa shape index (κ1) is 10.5. The van der Waals surface area contributed by atoms with E-state index >= 15 is 0 Å². The maximum atomic E-state index is 11.4. The highest BCUT2D eigenvalue weighted by atomic mass is 16.5. The number of carbonyl (C=O) groups excluding carboxylic acids is 1. The van der Waals surface area contributed by atoms with Crippen molar-refractivity contribution in [3.63, 3.8) is 0 Å². The molecule has 0 radical (unpaired) electrons. The second-order valence-electron chi connectivity index (χ2n) is 4.06. The van der Waals surface area contributed by atoms with Gasteiger partial charge in [0.2, 0.25) is 0 Å². The third-order valence-electron chi connectivity index (χ3n) is 2.81. The Kier molecular flexibility index (Phi) is 3.31. The quantitative estimate of drug-likeness (QED) is 0.674. The molecule has 0 spiro atoms. The number of esters is 1. The van der Waals surface area contributed by atoms with Gasteiger partial charge in [-0.3, -0.25) is 4.79 Å². The predicted octanol–water partition coefficient (Wildman–Crippen LogP) is 1.33. The fourth-order valence-corrected chi connectivity index (χ4v) is 2.08. The molecule has 3 nitrogen and oxygen atoms in total. The molecule has 0 aliphatic carbocycles. The standard InChI is InChI=1S/C10H19NO2/c1-4-5-8-6-10(2,11-7-8)9(12)13-3/h8,11H,4-7H2,1-3H3. The minimum atomic E-state index is -0.436. The number of hydrogen-bond donors (Lipinski definition) is 1. The molecule has 2 unspecified atom stereocenters. The fraction of sp³-hybridized carbons (Fsp3) is 0.900. The van der Waals surface area contributed by atoms with Crippen molar-refractivity contribution < 1.29 is 9.53 Å². The summed E-state index contributed by atoms with van der Waals surface area (Å²) in [6, 6.07) is 0. The van der Waals surface area contributed by atoms with E-state index in [0.29, 0.717) is 5.92 Å². The summed E-state index contributed by atoms with van der Waals surface area (Å²) in [5.41, 5.74) is -0.436. The van der Waals surface area contributed by atoms with Gasteiger partial charge in [-0.1, -0.05) is 13.3 Å². The maximum Gasteiger partial charge on any atom is 0.325 e. The van der Waals surface area contributed by atoms with Crippen LogP contribution < -0.4 is 5.32 Å². The topological polar surface area (TPSA) is 38.3 Å². The normalized spacial score (nSPS) is 33.3. The van der Waals surface area contributed by atoms with Crippen molar-refractivity contribution in [3.05, 3.63) is 0 Å². The molecule has 76 valence electrons. The number of carbonyl (C=O) groups is 1. The second kappa shape index (κ2) is 4.09. The molecule has 1 N–H and O–H groups in total. The van der Waals surface area contributed by atoms with Gasteiger partial charge in [-0.15, -0.1) is 0 Å². The summed E-state index contributed by atoms with van der Waals surface area (Å²) in [6.45, 7) is 5.04. The lowest BCUT2D eigenvalue weighted by Crippen LogP contribution is -2.45. The van der Waals surface area contributed by atoms with Crippen molar-refractivity contribution in [2.45, 2.75) is 38.6 Å². The first-order chi connectivity index (χ1) is 6.12. The molecule has 13 heavy (non-hydrogen) atoms. The van der Waals surface area contributed by atoms with Crippen LogP contribution in [-0.2, 0) is 9.53 Å². The number of rotatable bonds is 3. The summed E-state index contributed by atoms with van der Waals surface area (Å²) in [6.07, 6.45) is 3.29. The molecule has 0 saturated carbocycles.